The van der Waals surface area contributed by atoms with Crippen LogP contribution in [0, 0.1) is 11.3 Å². The summed E-state index contributed by atoms with van der Waals surface area (Å²) >= 11 is 1.72. The number of pyridine rings is 2. The van der Waals surface area contributed by atoms with Crippen molar-refractivity contribution in [2.24, 2.45) is 0 Å². The van der Waals surface area contributed by atoms with Gasteiger partial charge in [0.2, 0.25) is 0 Å². The molecular weight excluding hydrogens is 309 g/mol. The number of halogens is 1. The molecule has 0 spiro atoms. The Hall–Kier alpha value is -2.32. The highest BCUT2D eigenvalue weighted by Gasteiger charge is 2.30. The number of alkyl halides is 1. The summed E-state index contributed by atoms with van der Waals surface area (Å²) < 4.78 is 15.1. The number of nitrogens with zero attached hydrogens (tertiary/aromatic N) is 3. The van der Waals surface area contributed by atoms with E-state index in [2.05, 4.69) is 11.1 Å². The lowest BCUT2D eigenvalue weighted by molar-refractivity contribution is 0.219. The van der Waals surface area contributed by atoms with Gasteiger partial charge in [0.15, 0.2) is 0 Å². The van der Waals surface area contributed by atoms with Gasteiger partial charge in [0.05, 0.1) is 16.8 Å². The Morgan fingerprint density at radius 1 is 1.26 bits per heavy atom. The van der Waals surface area contributed by atoms with Crippen molar-refractivity contribution < 1.29 is 4.39 Å². The third-order valence-corrected chi connectivity index (χ3v) is 5.53. The minimum atomic E-state index is -0.649. The van der Waals surface area contributed by atoms with E-state index in [9.17, 15) is 9.65 Å². The highest BCUT2D eigenvalue weighted by atomic mass is 32.2. The van der Waals surface area contributed by atoms with E-state index in [0.29, 0.717) is 23.7 Å². The summed E-state index contributed by atoms with van der Waals surface area (Å²) in [7, 11) is 0. The van der Waals surface area contributed by atoms with E-state index >= 15 is 0 Å². The van der Waals surface area contributed by atoms with Gasteiger partial charge >= 0.3 is 0 Å². The van der Waals surface area contributed by atoms with E-state index in [-0.39, 0.29) is 0 Å². The molecule has 0 atom stereocenters. The number of nitriles is 1. The van der Waals surface area contributed by atoms with Crippen molar-refractivity contribution in [1.29, 1.82) is 5.26 Å². The Balaban J connectivity index is 1.79. The molecule has 3 heterocycles. The Bertz CT molecular complexity index is 906. The first-order valence-corrected chi connectivity index (χ1v) is 8.39. The molecule has 23 heavy (non-hydrogen) atoms. The van der Waals surface area contributed by atoms with Gasteiger partial charge in [-0.1, -0.05) is 0 Å². The third-order valence-electron chi connectivity index (χ3n) is 4.20. The standard InChI is InChI=1S/C18H14FN3S/c19-13-8-14(9-13)23-18-5-6-21-11-15(18)17-4-3-12(10-20)16-2-1-7-22(16)17/h1-7,11,13-14H,8-9H2. The van der Waals surface area contributed by atoms with E-state index in [1.807, 2.05) is 47.1 Å². The zero-order valence-corrected chi connectivity index (χ0v) is 13.1. The largest absolute Gasteiger partial charge is 0.315 e. The minimum absolute atomic E-state index is 0.338. The molecule has 1 saturated carbocycles. The average molecular weight is 323 g/mol. The van der Waals surface area contributed by atoms with E-state index < -0.39 is 6.17 Å². The Kier molecular flexibility index (Phi) is 3.55. The Morgan fingerprint density at radius 3 is 2.91 bits per heavy atom. The van der Waals surface area contributed by atoms with Crippen LogP contribution in [0.5, 0.6) is 0 Å². The molecule has 1 aliphatic rings. The van der Waals surface area contributed by atoms with Crippen LogP contribution in [-0.2, 0) is 0 Å². The molecule has 0 aliphatic heterocycles. The number of fused-ring (bicyclic) bond motifs is 1. The highest BCUT2D eigenvalue weighted by Crippen LogP contribution is 2.41. The summed E-state index contributed by atoms with van der Waals surface area (Å²) in [5.41, 5.74) is 3.55. The monoisotopic (exact) mass is 323 g/mol. The molecule has 3 aromatic rings. The van der Waals surface area contributed by atoms with Crippen LogP contribution < -0.4 is 0 Å². The van der Waals surface area contributed by atoms with Crippen molar-refractivity contribution in [1.82, 2.24) is 9.38 Å². The third kappa shape index (κ3) is 2.49. The second kappa shape index (κ2) is 5.71. The lowest BCUT2D eigenvalue weighted by Crippen LogP contribution is -2.26. The van der Waals surface area contributed by atoms with Crippen LogP contribution in [0.1, 0.15) is 18.4 Å². The summed E-state index contributed by atoms with van der Waals surface area (Å²) in [5.74, 6) is 0. The summed E-state index contributed by atoms with van der Waals surface area (Å²) in [6, 6.07) is 11.9. The number of thioether (sulfide) groups is 1. The molecule has 0 bridgehead atoms. The van der Waals surface area contributed by atoms with Gasteiger partial charge in [-0.05, 0) is 43.2 Å². The zero-order chi connectivity index (χ0) is 15.8. The molecule has 3 aromatic heterocycles. The van der Waals surface area contributed by atoms with Crippen LogP contribution in [0.25, 0.3) is 16.8 Å². The van der Waals surface area contributed by atoms with Gasteiger partial charge in [-0.2, -0.15) is 5.26 Å². The van der Waals surface area contributed by atoms with Crippen molar-refractivity contribution in [3.05, 3.63) is 54.5 Å². The number of aromatic nitrogens is 2. The molecule has 0 radical (unpaired) electrons. The van der Waals surface area contributed by atoms with Gasteiger partial charge < -0.3 is 4.40 Å². The van der Waals surface area contributed by atoms with Crippen LogP contribution >= 0.6 is 11.8 Å². The number of hydrogen-bond donors (Lipinski definition) is 0. The fourth-order valence-electron chi connectivity index (χ4n) is 2.91. The van der Waals surface area contributed by atoms with Gasteiger partial charge in [0.1, 0.15) is 12.2 Å². The quantitative estimate of drug-likeness (QED) is 0.714. The van der Waals surface area contributed by atoms with Crippen molar-refractivity contribution >= 4 is 17.3 Å². The number of rotatable bonds is 3. The first-order valence-electron chi connectivity index (χ1n) is 7.51. The summed E-state index contributed by atoms with van der Waals surface area (Å²) in [6.45, 7) is 0. The van der Waals surface area contributed by atoms with E-state index in [1.54, 1.807) is 18.0 Å². The minimum Gasteiger partial charge on any atom is -0.315 e. The maximum Gasteiger partial charge on any atom is 0.102 e. The number of hydrogen-bond acceptors (Lipinski definition) is 3. The topological polar surface area (TPSA) is 41.1 Å². The second-order valence-electron chi connectivity index (χ2n) is 5.69. The maximum atomic E-state index is 13.1. The molecule has 5 heteroatoms. The van der Waals surface area contributed by atoms with Crippen LogP contribution in [0.2, 0.25) is 0 Å². The van der Waals surface area contributed by atoms with Crippen molar-refractivity contribution in [2.75, 3.05) is 0 Å². The smallest absolute Gasteiger partial charge is 0.102 e. The van der Waals surface area contributed by atoms with E-state index in [0.717, 1.165) is 21.7 Å². The first kappa shape index (κ1) is 14.3. The molecule has 1 fully saturated rings. The lowest BCUT2D eigenvalue weighted by atomic mass is 9.97. The predicted octanol–water partition coefficient (Wildman–Crippen LogP) is 4.47. The molecule has 1 aliphatic carbocycles. The zero-order valence-electron chi connectivity index (χ0n) is 12.3. The maximum absolute atomic E-state index is 13.1. The van der Waals surface area contributed by atoms with Gasteiger partial charge in [-0.3, -0.25) is 4.98 Å². The van der Waals surface area contributed by atoms with E-state index in [1.165, 1.54) is 0 Å². The predicted molar refractivity (Wildman–Crippen MR) is 89.1 cm³/mol. The van der Waals surface area contributed by atoms with Gasteiger partial charge in [0.25, 0.3) is 0 Å². The Morgan fingerprint density at radius 2 is 2.13 bits per heavy atom. The molecule has 3 nitrogen and oxygen atoms in total. The first-order chi connectivity index (χ1) is 11.3. The fraction of sp³-hybridized carbons (Fsp3) is 0.222. The second-order valence-corrected chi connectivity index (χ2v) is 7.03. The van der Waals surface area contributed by atoms with Crippen LogP contribution in [0.4, 0.5) is 4.39 Å². The fourth-order valence-corrected chi connectivity index (χ4v) is 4.30. The lowest BCUT2D eigenvalue weighted by Gasteiger charge is -2.29. The van der Waals surface area contributed by atoms with Crippen molar-refractivity contribution in [3.8, 4) is 17.3 Å². The van der Waals surface area contributed by atoms with Crippen molar-refractivity contribution in [3.63, 3.8) is 0 Å². The molecule has 0 unspecified atom stereocenters. The normalized spacial score (nSPS) is 20.2. The van der Waals surface area contributed by atoms with Gasteiger partial charge in [-0.15, -0.1) is 11.8 Å². The summed E-state index contributed by atoms with van der Waals surface area (Å²) in [6.07, 6.45) is 6.16. The van der Waals surface area contributed by atoms with Crippen molar-refractivity contribution in [2.45, 2.75) is 29.2 Å². The molecule has 4 rings (SSSR count). The molecule has 0 amide bonds. The summed E-state index contributed by atoms with van der Waals surface area (Å²) in [5, 5.41) is 9.58. The van der Waals surface area contributed by atoms with Crippen LogP contribution in [-0.4, -0.2) is 20.8 Å². The molecule has 114 valence electrons. The van der Waals surface area contributed by atoms with Crippen LogP contribution in [0.3, 0.4) is 0 Å². The molecule has 0 N–H and O–H groups in total. The SMILES string of the molecule is N#Cc1ccc(-c2cnccc2SC2CC(F)C2)n2cccc12. The highest BCUT2D eigenvalue weighted by molar-refractivity contribution is 8.00. The Labute approximate surface area is 137 Å². The van der Waals surface area contributed by atoms with Gasteiger partial charge in [0, 0.05) is 34.3 Å². The average Bonchev–Trinajstić information content (AvgIpc) is 3.03. The van der Waals surface area contributed by atoms with E-state index in [4.69, 9.17) is 0 Å². The molecular formula is C18H14FN3S. The molecule has 0 aromatic carbocycles. The summed E-state index contributed by atoms with van der Waals surface area (Å²) in [4.78, 5) is 5.36. The molecule has 0 saturated heterocycles. The van der Waals surface area contributed by atoms with Crippen LogP contribution in [0.15, 0.2) is 53.8 Å². The van der Waals surface area contributed by atoms with Gasteiger partial charge in [-0.25, -0.2) is 4.39 Å².